The lowest BCUT2D eigenvalue weighted by Gasteiger charge is -2.26. The highest BCUT2D eigenvalue weighted by Gasteiger charge is 2.45. The van der Waals surface area contributed by atoms with E-state index in [1.54, 1.807) is 6.08 Å². The first-order valence-electron chi connectivity index (χ1n) is 11.1. The number of carbonyl (C=O) groups is 1. The fraction of sp³-hybridized carbons (Fsp3) is 0.240. The number of esters is 1. The molecule has 0 unspecified atom stereocenters. The molecular formula is C25H18ClF3I2N2O4S. The number of hydrogen-bond acceptors (Lipinski definition) is 6. The second-order valence-corrected chi connectivity index (χ2v) is 11.6. The highest BCUT2D eigenvalue weighted by Crippen LogP contribution is 2.38. The van der Waals surface area contributed by atoms with Crippen LogP contribution in [0.1, 0.15) is 31.0 Å². The minimum atomic E-state index is -4.97. The van der Waals surface area contributed by atoms with Crippen LogP contribution in [-0.2, 0) is 9.53 Å². The highest BCUT2D eigenvalue weighted by atomic mass is 127. The van der Waals surface area contributed by atoms with Crippen LogP contribution >= 0.6 is 68.1 Å². The van der Waals surface area contributed by atoms with Gasteiger partial charge in [0.25, 0.3) is 5.56 Å². The number of aromatic nitrogens is 1. The van der Waals surface area contributed by atoms with Crippen molar-refractivity contribution in [1.82, 2.24) is 4.57 Å². The van der Waals surface area contributed by atoms with Crippen LogP contribution in [0, 0.1) is 7.14 Å². The van der Waals surface area contributed by atoms with Crippen molar-refractivity contribution in [3.63, 3.8) is 0 Å². The third-order valence-corrected chi connectivity index (χ3v) is 8.23. The number of nitrogens with zero attached hydrogens (tertiary/aromatic N) is 2. The van der Waals surface area contributed by atoms with Crippen LogP contribution in [0.5, 0.6) is 5.75 Å². The van der Waals surface area contributed by atoms with Crippen molar-refractivity contribution < 1.29 is 27.4 Å². The summed E-state index contributed by atoms with van der Waals surface area (Å²) in [5.74, 6) is -0.489. The van der Waals surface area contributed by atoms with E-state index in [0.29, 0.717) is 22.9 Å². The van der Waals surface area contributed by atoms with Crippen LogP contribution in [0.4, 0.5) is 13.2 Å². The Morgan fingerprint density at radius 1 is 1.16 bits per heavy atom. The third-order valence-electron chi connectivity index (χ3n) is 5.39. The van der Waals surface area contributed by atoms with Crippen LogP contribution in [-0.4, -0.2) is 29.9 Å². The Balaban J connectivity index is 2.01. The molecule has 0 saturated carbocycles. The Morgan fingerprint density at radius 2 is 1.79 bits per heavy atom. The van der Waals surface area contributed by atoms with Crippen molar-refractivity contribution in [3.8, 4) is 5.75 Å². The molecular weight excluding hydrogens is 771 g/mol. The molecule has 200 valence electrons. The zero-order chi connectivity index (χ0) is 27.8. The molecule has 6 nitrogen and oxygen atoms in total. The van der Waals surface area contributed by atoms with Crippen molar-refractivity contribution in [3.05, 3.63) is 90.6 Å². The first-order valence-corrected chi connectivity index (χ1v) is 14.5. The lowest BCUT2D eigenvalue weighted by atomic mass is 9.95. The van der Waals surface area contributed by atoms with Gasteiger partial charge in [0.1, 0.15) is 5.75 Å². The molecule has 1 atom stereocenters. The molecule has 1 aliphatic rings. The number of allylic oxidation sites excluding steroid dienone is 1. The van der Waals surface area contributed by atoms with E-state index < -0.39 is 35.0 Å². The van der Waals surface area contributed by atoms with Gasteiger partial charge in [0.15, 0.2) is 10.5 Å². The molecule has 0 N–H and O–H groups in total. The van der Waals surface area contributed by atoms with Crippen LogP contribution in [0.15, 0.2) is 57.5 Å². The predicted molar refractivity (Wildman–Crippen MR) is 155 cm³/mol. The van der Waals surface area contributed by atoms with Crippen molar-refractivity contribution in [2.24, 2.45) is 4.99 Å². The Labute approximate surface area is 251 Å². The number of fused-ring (bicyclic) bond motifs is 1. The first kappa shape index (κ1) is 29.1. The molecule has 2 aromatic carbocycles. The molecule has 0 saturated heterocycles. The molecule has 0 fully saturated rings. The number of rotatable bonds is 6. The maximum atomic E-state index is 14.2. The van der Waals surface area contributed by atoms with Crippen molar-refractivity contribution in [2.75, 3.05) is 13.2 Å². The van der Waals surface area contributed by atoms with Gasteiger partial charge in [-0.15, -0.1) is 0 Å². The Hall–Kier alpha value is -1.91. The monoisotopic (exact) mass is 788 g/mol. The molecule has 1 aliphatic heterocycles. The zero-order valence-corrected chi connectivity index (χ0v) is 25.6. The van der Waals surface area contributed by atoms with E-state index in [1.165, 1.54) is 31.2 Å². The van der Waals surface area contributed by atoms with E-state index in [9.17, 15) is 22.8 Å². The van der Waals surface area contributed by atoms with Crippen LogP contribution in [0.3, 0.4) is 0 Å². The van der Waals surface area contributed by atoms with E-state index in [2.05, 4.69) is 50.2 Å². The predicted octanol–water partition coefficient (Wildman–Crippen LogP) is 5.60. The molecule has 0 bridgehead atoms. The molecule has 3 aromatic rings. The first-order chi connectivity index (χ1) is 18.0. The summed E-state index contributed by atoms with van der Waals surface area (Å²) < 4.78 is 56.1. The Bertz CT molecular complexity index is 1590. The summed E-state index contributed by atoms with van der Waals surface area (Å²) in [6.45, 7) is 3.69. The number of ether oxygens (including phenoxy) is 2. The van der Waals surface area contributed by atoms with Crippen LogP contribution in [0.2, 0.25) is 5.02 Å². The van der Waals surface area contributed by atoms with Gasteiger partial charge in [0, 0.05) is 5.02 Å². The van der Waals surface area contributed by atoms with E-state index in [0.717, 1.165) is 23.0 Å². The summed E-state index contributed by atoms with van der Waals surface area (Å²) >= 11 is 11.1. The summed E-state index contributed by atoms with van der Waals surface area (Å²) in [5.41, 5.74) is -1.82. The van der Waals surface area contributed by atoms with Crippen molar-refractivity contribution in [2.45, 2.75) is 26.1 Å². The summed E-state index contributed by atoms with van der Waals surface area (Å²) in [6, 6.07) is 8.11. The smallest absolute Gasteiger partial charge is 0.434 e. The molecule has 0 aliphatic carbocycles. The quantitative estimate of drug-likeness (QED) is 0.241. The minimum Gasteiger partial charge on any atom is -0.492 e. The van der Waals surface area contributed by atoms with Crippen molar-refractivity contribution in [1.29, 1.82) is 0 Å². The van der Waals surface area contributed by atoms with Crippen molar-refractivity contribution >= 4 is 80.2 Å². The maximum Gasteiger partial charge on any atom is 0.434 e. The normalized spacial score (nSPS) is 15.8. The standard InChI is InChI=1S/C25H18ClF3I2N2O4S/c1-3-36-20-15(30)9-12(10-16(20)31)11-17-22(34)33-19(13-5-7-14(26)8-6-13)18(23(35)37-4-2)21(25(27,28)29)32-24(33)38-17/h5-11,19H,3-4H2,1-2H3/b17-11-/t19-/m0/s1. The fourth-order valence-electron chi connectivity index (χ4n) is 3.90. The average molecular weight is 789 g/mol. The minimum absolute atomic E-state index is 0.153. The third kappa shape index (κ3) is 5.82. The highest BCUT2D eigenvalue weighted by molar-refractivity contribution is 14.1. The van der Waals surface area contributed by atoms with Gasteiger partial charge in [0.2, 0.25) is 0 Å². The Kier molecular flexibility index (Phi) is 8.94. The number of alkyl halides is 3. The van der Waals surface area contributed by atoms with Gasteiger partial charge in [-0.2, -0.15) is 13.2 Å². The zero-order valence-electron chi connectivity index (χ0n) is 19.7. The second-order valence-electron chi connectivity index (χ2n) is 7.86. The van der Waals surface area contributed by atoms with Gasteiger partial charge in [-0.1, -0.05) is 35.1 Å². The topological polar surface area (TPSA) is 69.9 Å². The molecule has 0 spiro atoms. The molecule has 0 amide bonds. The summed E-state index contributed by atoms with van der Waals surface area (Å²) in [7, 11) is 0. The van der Waals surface area contributed by atoms with Crippen LogP contribution in [0.25, 0.3) is 6.08 Å². The summed E-state index contributed by atoms with van der Waals surface area (Å²) in [5, 5.41) is 0.346. The molecule has 0 radical (unpaired) electrons. The molecule has 1 aromatic heterocycles. The van der Waals surface area contributed by atoms with Gasteiger partial charge in [-0.3, -0.25) is 9.36 Å². The van der Waals surface area contributed by atoms with Gasteiger partial charge < -0.3 is 9.47 Å². The van der Waals surface area contributed by atoms with E-state index in [1.807, 2.05) is 19.1 Å². The largest absolute Gasteiger partial charge is 0.492 e. The number of thiazole rings is 1. The number of carbonyl (C=O) groups excluding carboxylic acids is 1. The SMILES string of the molecule is CCOC(=O)C1=C(C(F)(F)F)N=c2s/c(=C\c3cc(I)c(OCC)c(I)c3)c(=O)n2[C@H]1c1ccc(Cl)cc1. The lowest BCUT2D eigenvalue weighted by Crippen LogP contribution is -2.41. The second kappa shape index (κ2) is 11.7. The van der Waals surface area contributed by atoms with E-state index in [-0.39, 0.29) is 21.5 Å². The van der Waals surface area contributed by atoms with Gasteiger partial charge in [-0.05, 0) is 100 Å². The van der Waals surface area contributed by atoms with E-state index >= 15 is 0 Å². The van der Waals surface area contributed by atoms with E-state index in [4.69, 9.17) is 21.1 Å². The maximum absolute atomic E-state index is 14.2. The fourth-order valence-corrected chi connectivity index (χ4v) is 7.15. The van der Waals surface area contributed by atoms with Gasteiger partial charge >= 0.3 is 12.1 Å². The van der Waals surface area contributed by atoms with Crippen LogP contribution < -0.4 is 19.6 Å². The molecule has 2 heterocycles. The summed E-state index contributed by atoms with van der Waals surface area (Å²) in [4.78, 5) is 30.1. The van der Waals surface area contributed by atoms with Gasteiger partial charge in [-0.25, -0.2) is 9.79 Å². The molecule has 38 heavy (non-hydrogen) atoms. The van der Waals surface area contributed by atoms with Gasteiger partial charge in [0.05, 0.1) is 36.5 Å². The average Bonchev–Trinajstić information content (AvgIpc) is 3.15. The number of benzene rings is 2. The molecule has 13 heteroatoms. The summed E-state index contributed by atoms with van der Waals surface area (Å²) in [6.07, 6.45) is -3.38. The Morgan fingerprint density at radius 3 is 2.34 bits per heavy atom. The number of halogens is 6. The number of hydrogen-bond donors (Lipinski definition) is 0. The molecule has 4 rings (SSSR count). The lowest BCUT2D eigenvalue weighted by molar-refractivity contribution is -0.140.